The Hall–Kier alpha value is -0.260. The van der Waals surface area contributed by atoms with E-state index in [4.69, 9.17) is 16.3 Å². The van der Waals surface area contributed by atoms with Gasteiger partial charge in [-0.2, -0.15) is 0 Å². The van der Waals surface area contributed by atoms with Crippen LogP contribution in [0.25, 0.3) is 0 Å². The number of piperazine rings is 1. The predicted octanol–water partition coefficient (Wildman–Crippen LogP) is 1.99. The van der Waals surface area contributed by atoms with Crippen molar-refractivity contribution < 1.29 is 4.74 Å². The lowest BCUT2D eigenvalue weighted by molar-refractivity contribution is 0.229. The lowest BCUT2D eigenvalue weighted by atomic mass is 10.2. The van der Waals surface area contributed by atoms with Gasteiger partial charge in [-0.3, -0.25) is 4.90 Å². The van der Waals surface area contributed by atoms with Gasteiger partial charge in [0.15, 0.2) is 0 Å². The summed E-state index contributed by atoms with van der Waals surface area (Å²) in [5, 5.41) is 3.80. The summed E-state index contributed by atoms with van der Waals surface area (Å²) in [6.45, 7) is 5.08. The molecule has 4 nitrogen and oxygen atoms in total. The molecule has 2 heterocycles. The fourth-order valence-corrected chi connectivity index (χ4v) is 1.99. The van der Waals surface area contributed by atoms with E-state index in [-0.39, 0.29) is 24.8 Å². The number of hydrogen-bond donors (Lipinski definition) is 1. The van der Waals surface area contributed by atoms with E-state index in [2.05, 4.69) is 15.2 Å². The van der Waals surface area contributed by atoms with Crippen LogP contribution in [0, 0.1) is 0 Å². The third-order valence-corrected chi connectivity index (χ3v) is 2.91. The van der Waals surface area contributed by atoms with Gasteiger partial charge in [0.2, 0.25) is 5.88 Å². The molecule has 0 saturated carbocycles. The first-order valence-electron chi connectivity index (χ1n) is 5.42. The molecular formula is C11H18Cl3N3O. The molecule has 0 spiro atoms. The summed E-state index contributed by atoms with van der Waals surface area (Å²) in [7, 11) is 1.62. The number of nitrogens with one attached hydrogen (secondary N) is 1. The molecule has 1 aromatic rings. The second kappa shape index (κ2) is 8.77. The average molecular weight is 315 g/mol. The Morgan fingerprint density at radius 3 is 2.61 bits per heavy atom. The number of rotatable bonds is 3. The maximum atomic E-state index is 5.82. The Balaban J connectivity index is 0.00000144. The van der Waals surface area contributed by atoms with Crippen LogP contribution < -0.4 is 10.1 Å². The summed E-state index contributed by atoms with van der Waals surface area (Å²) in [5.41, 5.74) is 1.09. The number of halogens is 3. The Bertz CT molecular complexity index is 359. The molecule has 0 radical (unpaired) electrons. The van der Waals surface area contributed by atoms with Crippen molar-refractivity contribution in [2.45, 2.75) is 6.54 Å². The molecule has 104 valence electrons. The zero-order valence-electron chi connectivity index (χ0n) is 10.2. The highest BCUT2D eigenvalue weighted by atomic mass is 35.5. The van der Waals surface area contributed by atoms with E-state index in [1.807, 2.05) is 12.1 Å². The molecular weight excluding hydrogens is 296 g/mol. The van der Waals surface area contributed by atoms with E-state index >= 15 is 0 Å². The summed E-state index contributed by atoms with van der Waals surface area (Å²) >= 11 is 5.82. The summed E-state index contributed by atoms with van der Waals surface area (Å²) in [6, 6.07) is 3.79. The topological polar surface area (TPSA) is 37.4 Å². The minimum Gasteiger partial charge on any atom is -0.481 e. The molecule has 1 N–H and O–H groups in total. The van der Waals surface area contributed by atoms with E-state index in [0.29, 0.717) is 11.0 Å². The van der Waals surface area contributed by atoms with E-state index < -0.39 is 0 Å². The molecule has 7 heteroatoms. The molecule has 0 atom stereocenters. The minimum absolute atomic E-state index is 0. The Kier molecular flexibility index (Phi) is 8.65. The highest BCUT2D eigenvalue weighted by molar-refractivity contribution is 6.29. The number of hydrogen-bond acceptors (Lipinski definition) is 4. The van der Waals surface area contributed by atoms with Gasteiger partial charge in [0.25, 0.3) is 0 Å². The fraction of sp³-hybridized carbons (Fsp3) is 0.545. The summed E-state index contributed by atoms with van der Waals surface area (Å²) < 4.78 is 5.23. The van der Waals surface area contributed by atoms with Gasteiger partial charge in [-0.15, -0.1) is 24.8 Å². The van der Waals surface area contributed by atoms with Gasteiger partial charge < -0.3 is 10.1 Å². The molecule has 2 rings (SSSR count). The summed E-state index contributed by atoms with van der Waals surface area (Å²) in [6.07, 6.45) is 0. The largest absolute Gasteiger partial charge is 0.481 e. The van der Waals surface area contributed by atoms with E-state index in [1.165, 1.54) is 0 Å². The van der Waals surface area contributed by atoms with Crippen LogP contribution in [0.4, 0.5) is 0 Å². The van der Waals surface area contributed by atoms with Gasteiger partial charge >= 0.3 is 0 Å². The Morgan fingerprint density at radius 2 is 2.00 bits per heavy atom. The lowest BCUT2D eigenvalue weighted by Gasteiger charge is -2.27. The van der Waals surface area contributed by atoms with Crippen molar-refractivity contribution in [2.24, 2.45) is 0 Å². The second-order valence-corrected chi connectivity index (χ2v) is 4.22. The van der Waals surface area contributed by atoms with Crippen LogP contribution in [0.1, 0.15) is 5.56 Å². The second-order valence-electron chi connectivity index (χ2n) is 3.83. The molecule has 0 aromatic carbocycles. The smallest absolute Gasteiger partial charge is 0.219 e. The number of ether oxygens (including phenoxy) is 1. The van der Waals surface area contributed by atoms with Crippen molar-refractivity contribution in [3.05, 3.63) is 22.8 Å². The predicted molar refractivity (Wildman–Crippen MR) is 78.4 cm³/mol. The van der Waals surface area contributed by atoms with Crippen molar-refractivity contribution in [2.75, 3.05) is 33.3 Å². The van der Waals surface area contributed by atoms with Gasteiger partial charge in [0.1, 0.15) is 5.15 Å². The normalized spacial score (nSPS) is 15.4. The molecule has 0 aliphatic carbocycles. The third-order valence-electron chi connectivity index (χ3n) is 2.70. The third kappa shape index (κ3) is 4.78. The van der Waals surface area contributed by atoms with Crippen LogP contribution in [0.2, 0.25) is 5.15 Å². The van der Waals surface area contributed by atoms with Crippen LogP contribution >= 0.6 is 36.4 Å². The summed E-state index contributed by atoms with van der Waals surface area (Å²) in [4.78, 5) is 6.54. The minimum atomic E-state index is 0. The Morgan fingerprint density at radius 1 is 1.33 bits per heavy atom. The first kappa shape index (κ1) is 17.7. The van der Waals surface area contributed by atoms with Crippen molar-refractivity contribution in [3.63, 3.8) is 0 Å². The van der Waals surface area contributed by atoms with E-state index in [0.717, 1.165) is 38.3 Å². The van der Waals surface area contributed by atoms with Gasteiger partial charge in [0.05, 0.1) is 7.11 Å². The van der Waals surface area contributed by atoms with Crippen molar-refractivity contribution in [1.82, 2.24) is 15.2 Å². The number of nitrogens with zero attached hydrogens (tertiary/aromatic N) is 2. The number of aromatic nitrogens is 1. The number of pyridine rings is 1. The van der Waals surface area contributed by atoms with E-state index in [9.17, 15) is 0 Å². The quantitative estimate of drug-likeness (QED) is 0.866. The zero-order valence-corrected chi connectivity index (χ0v) is 12.6. The maximum absolute atomic E-state index is 5.82. The van der Waals surface area contributed by atoms with Crippen molar-refractivity contribution in [3.8, 4) is 5.88 Å². The first-order chi connectivity index (χ1) is 7.79. The van der Waals surface area contributed by atoms with Crippen LogP contribution in [-0.4, -0.2) is 43.2 Å². The van der Waals surface area contributed by atoms with E-state index in [1.54, 1.807) is 7.11 Å². The highest BCUT2D eigenvalue weighted by Crippen LogP contribution is 2.20. The molecule has 1 saturated heterocycles. The zero-order chi connectivity index (χ0) is 11.4. The molecule has 1 aliphatic rings. The monoisotopic (exact) mass is 313 g/mol. The standard InChI is InChI=1S/C11H16ClN3O.2ClH/c1-16-11-9(2-3-10(12)14-11)8-15-6-4-13-5-7-15;;/h2-3,13H,4-8H2,1H3;2*1H. The summed E-state index contributed by atoms with van der Waals surface area (Å²) in [5.74, 6) is 0.631. The molecule has 1 aromatic heterocycles. The molecule has 0 bridgehead atoms. The SMILES string of the molecule is COc1nc(Cl)ccc1CN1CCNCC1.Cl.Cl. The van der Waals surface area contributed by atoms with Crippen LogP contribution in [0.15, 0.2) is 12.1 Å². The van der Waals surface area contributed by atoms with Crippen LogP contribution in [0.5, 0.6) is 5.88 Å². The molecule has 0 unspecified atom stereocenters. The Labute approximate surface area is 125 Å². The van der Waals surface area contributed by atoms with Gasteiger partial charge in [-0.25, -0.2) is 4.98 Å². The highest BCUT2D eigenvalue weighted by Gasteiger charge is 2.13. The van der Waals surface area contributed by atoms with Crippen molar-refractivity contribution in [1.29, 1.82) is 0 Å². The van der Waals surface area contributed by atoms with Gasteiger partial charge in [-0.05, 0) is 12.1 Å². The maximum Gasteiger partial charge on any atom is 0.219 e. The average Bonchev–Trinajstić information content (AvgIpc) is 2.33. The van der Waals surface area contributed by atoms with Crippen LogP contribution in [-0.2, 0) is 6.54 Å². The fourth-order valence-electron chi connectivity index (χ4n) is 1.85. The molecule has 1 aliphatic heterocycles. The number of methoxy groups -OCH3 is 1. The first-order valence-corrected chi connectivity index (χ1v) is 5.80. The van der Waals surface area contributed by atoms with Gasteiger partial charge in [-0.1, -0.05) is 11.6 Å². The molecule has 18 heavy (non-hydrogen) atoms. The van der Waals surface area contributed by atoms with Gasteiger partial charge in [0, 0.05) is 38.3 Å². The van der Waals surface area contributed by atoms with Crippen molar-refractivity contribution >= 4 is 36.4 Å². The molecule has 0 amide bonds. The van der Waals surface area contributed by atoms with Crippen LogP contribution in [0.3, 0.4) is 0 Å². The molecule has 1 fully saturated rings. The lowest BCUT2D eigenvalue weighted by Crippen LogP contribution is -2.42.